The summed E-state index contributed by atoms with van der Waals surface area (Å²) in [7, 11) is 0. The zero-order valence-electron chi connectivity index (χ0n) is 18.4. The Morgan fingerprint density at radius 1 is 1.10 bits per heavy atom. The third-order valence-corrected chi connectivity index (χ3v) is 4.82. The molecule has 0 spiro atoms. The Balaban J connectivity index is 1.77. The van der Waals surface area contributed by atoms with Crippen molar-refractivity contribution >= 4 is 28.5 Å². The molecule has 0 aliphatic rings. The maximum absolute atomic E-state index is 12.1. The molecule has 160 valence electrons. The van der Waals surface area contributed by atoms with Crippen molar-refractivity contribution in [3.8, 4) is 11.1 Å². The Labute approximate surface area is 180 Å². The summed E-state index contributed by atoms with van der Waals surface area (Å²) >= 11 is 0. The number of pyridine rings is 3. The van der Waals surface area contributed by atoms with E-state index >= 15 is 0 Å². The molecule has 0 aromatic carbocycles. The van der Waals surface area contributed by atoms with Gasteiger partial charge in [-0.15, -0.1) is 0 Å². The van der Waals surface area contributed by atoms with Gasteiger partial charge in [-0.3, -0.25) is 10.3 Å². The predicted octanol–water partition coefficient (Wildman–Crippen LogP) is 4.95. The molecule has 31 heavy (non-hydrogen) atoms. The summed E-state index contributed by atoms with van der Waals surface area (Å²) in [6, 6.07) is 5.93. The number of carbonyl (C=O) groups excluding carboxylic acids is 1. The first-order valence-corrected chi connectivity index (χ1v) is 10.3. The van der Waals surface area contributed by atoms with Gasteiger partial charge < -0.3 is 4.74 Å². The first-order chi connectivity index (χ1) is 14.7. The van der Waals surface area contributed by atoms with Crippen LogP contribution in [0, 0.1) is 6.92 Å². The van der Waals surface area contributed by atoms with Crippen LogP contribution in [0.15, 0.2) is 36.9 Å². The van der Waals surface area contributed by atoms with E-state index in [4.69, 9.17) is 4.74 Å². The number of amides is 1. The van der Waals surface area contributed by atoms with Crippen molar-refractivity contribution in [1.82, 2.24) is 24.6 Å². The summed E-state index contributed by atoms with van der Waals surface area (Å²) in [5.41, 5.74) is 5.08. The van der Waals surface area contributed by atoms with Gasteiger partial charge in [0.05, 0.1) is 5.52 Å². The number of rotatable bonds is 4. The van der Waals surface area contributed by atoms with Crippen LogP contribution in [0.25, 0.3) is 27.7 Å². The van der Waals surface area contributed by atoms with Gasteiger partial charge in [-0.05, 0) is 51.8 Å². The molecule has 0 radical (unpaired) electrons. The number of fused-ring (bicyclic) bond motifs is 3. The minimum Gasteiger partial charge on any atom is -0.444 e. The fraction of sp³-hybridized carbons (Fsp3) is 0.348. The molecule has 4 rings (SSSR count). The Morgan fingerprint density at radius 2 is 1.90 bits per heavy atom. The molecular formula is C23H26N6O2. The summed E-state index contributed by atoms with van der Waals surface area (Å²) in [5.74, 6) is 0.382. The van der Waals surface area contributed by atoms with E-state index in [0.717, 1.165) is 51.8 Å². The van der Waals surface area contributed by atoms with Gasteiger partial charge in [0.1, 0.15) is 17.7 Å². The second-order valence-corrected chi connectivity index (χ2v) is 8.55. The number of nitrogens with one attached hydrogen (secondary N) is 1. The average Bonchev–Trinajstić information content (AvgIpc) is 3.17. The highest BCUT2D eigenvalue weighted by Crippen LogP contribution is 2.31. The lowest BCUT2D eigenvalue weighted by Crippen LogP contribution is -2.27. The fourth-order valence-corrected chi connectivity index (χ4v) is 3.54. The summed E-state index contributed by atoms with van der Waals surface area (Å²) < 4.78 is 7.07. The molecule has 4 heterocycles. The van der Waals surface area contributed by atoms with E-state index in [-0.39, 0.29) is 0 Å². The van der Waals surface area contributed by atoms with E-state index in [0.29, 0.717) is 5.82 Å². The van der Waals surface area contributed by atoms with Gasteiger partial charge in [0.25, 0.3) is 0 Å². The molecule has 0 fully saturated rings. The van der Waals surface area contributed by atoms with Crippen molar-refractivity contribution in [1.29, 1.82) is 0 Å². The van der Waals surface area contributed by atoms with Crippen LogP contribution < -0.4 is 5.32 Å². The molecule has 4 aromatic heterocycles. The summed E-state index contributed by atoms with van der Waals surface area (Å²) in [6.45, 7) is 9.66. The predicted molar refractivity (Wildman–Crippen MR) is 120 cm³/mol. The molecule has 0 bridgehead atoms. The van der Waals surface area contributed by atoms with Crippen molar-refractivity contribution in [2.24, 2.45) is 0 Å². The normalized spacial score (nSPS) is 11.8. The van der Waals surface area contributed by atoms with Crippen molar-refractivity contribution < 1.29 is 9.53 Å². The van der Waals surface area contributed by atoms with Gasteiger partial charge >= 0.3 is 6.09 Å². The summed E-state index contributed by atoms with van der Waals surface area (Å²) in [5, 5.41) is 7.95. The van der Waals surface area contributed by atoms with E-state index in [1.54, 1.807) is 16.8 Å². The van der Waals surface area contributed by atoms with Gasteiger partial charge in [0, 0.05) is 40.7 Å². The molecule has 1 amide bonds. The molecule has 0 atom stereocenters. The quantitative estimate of drug-likeness (QED) is 0.504. The van der Waals surface area contributed by atoms with E-state index in [9.17, 15) is 4.79 Å². The number of carbonyl (C=O) groups is 1. The summed E-state index contributed by atoms with van der Waals surface area (Å²) in [4.78, 5) is 25.6. The third kappa shape index (κ3) is 4.33. The number of nitrogens with zero attached hydrogens (tertiary/aromatic N) is 5. The largest absolute Gasteiger partial charge is 0.444 e. The number of hydrogen-bond acceptors (Lipinski definition) is 6. The van der Waals surface area contributed by atoms with E-state index in [1.807, 2.05) is 33.0 Å². The molecular weight excluding hydrogens is 392 g/mol. The monoisotopic (exact) mass is 418 g/mol. The van der Waals surface area contributed by atoms with Gasteiger partial charge in [0.2, 0.25) is 0 Å². The topological polar surface area (TPSA) is 94.3 Å². The minimum atomic E-state index is -0.590. The number of hydrogen-bond donors (Lipinski definition) is 1. The number of aryl methyl sites for hydroxylation is 2. The minimum absolute atomic E-state index is 0.382. The highest BCUT2D eigenvalue weighted by molar-refractivity contribution is 5.93. The Kier molecular flexibility index (Phi) is 5.31. The van der Waals surface area contributed by atoms with Crippen LogP contribution >= 0.6 is 0 Å². The van der Waals surface area contributed by atoms with Crippen molar-refractivity contribution in [3.63, 3.8) is 0 Å². The highest BCUT2D eigenvalue weighted by atomic mass is 16.6. The summed E-state index contributed by atoms with van der Waals surface area (Å²) in [6.07, 6.45) is 6.59. The second-order valence-electron chi connectivity index (χ2n) is 8.55. The molecule has 8 nitrogen and oxygen atoms in total. The van der Waals surface area contributed by atoms with Crippen LogP contribution in [-0.4, -0.2) is 36.3 Å². The van der Waals surface area contributed by atoms with Crippen LogP contribution in [0.3, 0.4) is 0 Å². The number of anilines is 1. The maximum atomic E-state index is 12.1. The Morgan fingerprint density at radius 3 is 2.61 bits per heavy atom. The molecule has 0 saturated heterocycles. The zero-order chi connectivity index (χ0) is 22.2. The van der Waals surface area contributed by atoms with Crippen LogP contribution in [0.5, 0.6) is 0 Å². The van der Waals surface area contributed by atoms with Crippen molar-refractivity contribution in [2.45, 2.75) is 53.1 Å². The van der Waals surface area contributed by atoms with E-state index in [2.05, 4.69) is 45.3 Å². The molecule has 0 saturated carbocycles. The first kappa shape index (κ1) is 20.7. The second kappa shape index (κ2) is 7.94. The van der Waals surface area contributed by atoms with E-state index < -0.39 is 11.7 Å². The maximum Gasteiger partial charge on any atom is 0.413 e. The Bertz CT molecular complexity index is 1270. The molecule has 0 unspecified atom stereocenters. The first-order valence-electron chi connectivity index (χ1n) is 10.3. The van der Waals surface area contributed by atoms with Crippen LogP contribution in [0.1, 0.15) is 45.4 Å². The van der Waals surface area contributed by atoms with Gasteiger partial charge in [-0.1, -0.05) is 13.3 Å². The standard InChI is InChI=1S/C23H26N6O2/c1-6-7-16-8-14(2)18(12-24-16)17-9-15-11-25-20(28-22(30)31-23(3,4)5)10-19(15)29-21(17)26-13-27-29/h8-13H,6-7H2,1-5H3,(H,25,28,30). The molecule has 4 aromatic rings. The fourth-order valence-electron chi connectivity index (χ4n) is 3.54. The van der Waals surface area contributed by atoms with Crippen molar-refractivity contribution in [2.75, 3.05) is 5.32 Å². The smallest absolute Gasteiger partial charge is 0.413 e. The lowest BCUT2D eigenvalue weighted by atomic mass is 10.0. The molecule has 1 N–H and O–H groups in total. The lowest BCUT2D eigenvalue weighted by molar-refractivity contribution is 0.0635. The van der Waals surface area contributed by atoms with Crippen LogP contribution in [0.4, 0.5) is 10.6 Å². The lowest BCUT2D eigenvalue weighted by Gasteiger charge is -2.19. The van der Waals surface area contributed by atoms with Gasteiger partial charge in [0.15, 0.2) is 5.65 Å². The average molecular weight is 419 g/mol. The zero-order valence-corrected chi connectivity index (χ0v) is 18.4. The van der Waals surface area contributed by atoms with Crippen LogP contribution in [-0.2, 0) is 11.2 Å². The number of aromatic nitrogens is 5. The van der Waals surface area contributed by atoms with Crippen molar-refractivity contribution in [3.05, 3.63) is 48.2 Å². The molecule has 8 heteroatoms. The van der Waals surface area contributed by atoms with Crippen LogP contribution in [0.2, 0.25) is 0 Å². The third-order valence-electron chi connectivity index (χ3n) is 4.82. The molecule has 0 aliphatic carbocycles. The highest BCUT2D eigenvalue weighted by Gasteiger charge is 2.18. The molecule has 0 aliphatic heterocycles. The van der Waals surface area contributed by atoms with Gasteiger partial charge in [-0.2, -0.15) is 5.10 Å². The SMILES string of the molecule is CCCc1cc(C)c(-c2cc3cnc(NC(=O)OC(C)(C)C)cc3n3ncnc23)cn1. The van der Waals surface area contributed by atoms with E-state index in [1.165, 1.54) is 6.33 Å². The Hall–Kier alpha value is -3.55. The van der Waals surface area contributed by atoms with Gasteiger partial charge in [-0.25, -0.2) is 19.3 Å². The number of ether oxygens (including phenoxy) is 1.